The van der Waals surface area contributed by atoms with Crippen LogP contribution in [-0.2, 0) is 4.74 Å². The number of benzene rings is 1. The number of nitrogens with one attached hydrogen (secondary N) is 3. The highest BCUT2D eigenvalue weighted by molar-refractivity contribution is 14.0. The minimum absolute atomic E-state index is 0. The van der Waals surface area contributed by atoms with E-state index in [4.69, 9.17) is 9.47 Å². The summed E-state index contributed by atoms with van der Waals surface area (Å²) in [5.74, 6) is 1.63. The number of alkyl carbamates (subject to hydrolysis) is 1. The maximum atomic E-state index is 11.7. The normalized spacial score (nSPS) is 15.5. The van der Waals surface area contributed by atoms with Crippen molar-refractivity contribution in [1.29, 1.82) is 0 Å². The second-order valence-electron chi connectivity index (χ2n) is 8.69. The molecule has 0 bridgehead atoms. The number of nitrogens with zero attached hydrogens (tertiary/aromatic N) is 2. The highest BCUT2D eigenvalue weighted by atomic mass is 127. The van der Waals surface area contributed by atoms with Crippen molar-refractivity contribution >= 4 is 36.0 Å². The summed E-state index contributed by atoms with van der Waals surface area (Å²) in [5, 5.41) is 9.54. The minimum Gasteiger partial charge on any atom is -0.497 e. The first-order valence-electron chi connectivity index (χ1n) is 11.1. The molecule has 1 fully saturated rings. The summed E-state index contributed by atoms with van der Waals surface area (Å²) in [6.45, 7) is 9.79. The predicted molar refractivity (Wildman–Crippen MR) is 140 cm³/mol. The molecule has 1 heterocycles. The molecule has 1 atom stereocenters. The number of carbonyl (C=O) groups excluding carboxylic acids is 1. The average molecular weight is 562 g/mol. The molecule has 1 aromatic rings. The van der Waals surface area contributed by atoms with Gasteiger partial charge in [-0.2, -0.15) is 0 Å². The van der Waals surface area contributed by atoms with Crippen LogP contribution in [0, 0.1) is 0 Å². The van der Waals surface area contributed by atoms with E-state index in [9.17, 15) is 4.79 Å². The molecule has 1 unspecified atom stereocenters. The molecular formula is C23H40IN5O3. The first kappa shape index (κ1) is 28.3. The molecule has 182 valence electrons. The SMILES string of the molecule is CN=C(NCCCNC(=O)OC(C)(C)C)NCC(c1ccc(OC)cc1)N1CCCC1.I. The van der Waals surface area contributed by atoms with Crippen LogP contribution in [0.4, 0.5) is 4.79 Å². The Kier molecular flexibility index (Phi) is 12.7. The number of ether oxygens (including phenoxy) is 2. The van der Waals surface area contributed by atoms with Crippen molar-refractivity contribution in [3.05, 3.63) is 29.8 Å². The lowest BCUT2D eigenvalue weighted by molar-refractivity contribution is 0.0527. The third-order valence-corrected chi connectivity index (χ3v) is 5.08. The number of rotatable bonds is 9. The monoisotopic (exact) mass is 561 g/mol. The van der Waals surface area contributed by atoms with Gasteiger partial charge in [0.05, 0.1) is 13.2 Å². The van der Waals surface area contributed by atoms with Gasteiger partial charge in [-0.1, -0.05) is 12.1 Å². The summed E-state index contributed by atoms with van der Waals surface area (Å²) < 4.78 is 10.5. The molecule has 0 spiro atoms. The van der Waals surface area contributed by atoms with Gasteiger partial charge in [0.1, 0.15) is 11.4 Å². The van der Waals surface area contributed by atoms with Crippen molar-refractivity contribution in [2.45, 2.75) is 51.7 Å². The first-order chi connectivity index (χ1) is 14.8. The molecule has 3 N–H and O–H groups in total. The zero-order valence-corrected chi connectivity index (χ0v) is 22.4. The molecule has 0 aliphatic carbocycles. The topological polar surface area (TPSA) is 87.2 Å². The second-order valence-corrected chi connectivity index (χ2v) is 8.69. The first-order valence-corrected chi connectivity index (χ1v) is 11.1. The smallest absolute Gasteiger partial charge is 0.407 e. The summed E-state index contributed by atoms with van der Waals surface area (Å²) >= 11 is 0. The lowest BCUT2D eigenvalue weighted by Gasteiger charge is -2.29. The number of methoxy groups -OCH3 is 1. The Labute approximate surface area is 209 Å². The maximum Gasteiger partial charge on any atom is 0.407 e. The van der Waals surface area contributed by atoms with Gasteiger partial charge in [0.15, 0.2) is 5.96 Å². The van der Waals surface area contributed by atoms with Gasteiger partial charge in [-0.05, 0) is 70.8 Å². The quantitative estimate of drug-likeness (QED) is 0.185. The second kappa shape index (κ2) is 14.4. The van der Waals surface area contributed by atoms with Crippen LogP contribution in [0.15, 0.2) is 29.3 Å². The number of carbonyl (C=O) groups is 1. The zero-order valence-electron chi connectivity index (χ0n) is 20.1. The molecule has 0 saturated carbocycles. The largest absolute Gasteiger partial charge is 0.497 e. The Bertz CT molecular complexity index is 701. The standard InChI is InChI=1S/C23H39N5O3.HI/c1-23(2,3)31-22(29)26-14-8-13-25-21(24-4)27-17-20(28-15-6-7-16-28)18-9-11-19(30-5)12-10-18;/h9-12,20H,6-8,13-17H2,1-5H3,(H,26,29)(H2,24,25,27);1H. The van der Waals surface area contributed by atoms with E-state index < -0.39 is 5.60 Å². The minimum atomic E-state index is -0.482. The molecule has 0 radical (unpaired) electrons. The van der Waals surface area contributed by atoms with Gasteiger partial charge in [-0.15, -0.1) is 24.0 Å². The van der Waals surface area contributed by atoms with Crippen LogP contribution >= 0.6 is 24.0 Å². The highest BCUT2D eigenvalue weighted by Gasteiger charge is 2.23. The van der Waals surface area contributed by atoms with E-state index >= 15 is 0 Å². The van der Waals surface area contributed by atoms with Gasteiger partial charge >= 0.3 is 6.09 Å². The molecule has 1 saturated heterocycles. The lowest BCUT2D eigenvalue weighted by atomic mass is 10.1. The fourth-order valence-electron chi connectivity index (χ4n) is 3.55. The van der Waals surface area contributed by atoms with Crippen LogP contribution in [0.25, 0.3) is 0 Å². The van der Waals surface area contributed by atoms with Crippen molar-refractivity contribution in [2.75, 3.05) is 46.9 Å². The molecule has 1 aliphatic rings. The van der Waals surface area contributed by atoms with E-state index in [1.165, 1.54) is 18.4 Å². The number of hydrogen-bond donors (Lipinski definition) is 3. The Morgan fingerprint density at radius 3 is 2.28 bits per heavy atom. The number of aliphatic imine (C=N–C) groups is 1. The summed E-state index contributed by atoms with van der Waals surface area (Å²) in [5.41, 5.74) is 0.788. The van der Waals surface area contributed by atoms with E-state index in [0.29, 0.717) is 13.1 Å². The number of amides is 1. The van der Waals surface area contributed by atoms with Crippen molar-refractivity contribution in [2.24, 2.45) is 4.99 Å². The van der Waals surface area contributed by atoms with Gasteiger partial charge < -0.3 is 25.4 Å². The number of guanidine groups is 1. The van der Waals surface area contributed by atoms with Gasteiger partial charge in [0, 0.05) is 26.7 Å². The summed E-state index contributed by atoms with van der Waals surface area (Å²) in [6, 6.07) is 8.59. The summed E-state index contributed by atoms with van der Waals surface area (Å²) in [7, 11) is 3.46. The zero-order chi connectivity index (χ0) is 22.7. The van der Waals surface area contributed by atoms with Crippen molar-refractivity contribution in [3.8, 4) is 5.75 Å². The number of likely N-dealkylation sites (tertiary alicyclic amines) is 1. The Hall–Kier alpha value is -1.75. The van der Waals surface area contributed by atoms with Crippen LogP contribution in [0.3, 0.4) is 0 Å². The third kappa shape index (κ3) is 10.2. The molecule has 0 aromatic heterocycles. The van der Waals surface area contributed by atoms with Crippen LogP contribution in [0.5, 0.6) is 5.75 Å². The number of halogens is 1. The molecule has 2 rings (SSSR count). The highest BCUT2D eigenvalue weighted by Crippen LogP contribution is 2.26. The van der Waals surface area contributed by atoms with E-state index in [0.717, 1.165) is 37.8 Å². The van der Waals surface area contributed by atoms with Crippen LogP contribution in [0.1, 0.15) is 51.6 Å². The van der Waals surface area contributed by atoms with E-state index in [1.807, 2.05) is 32.9 Å². The van der Waals surface area contributed by atoms with E-state index in [-0.39, 0.29) is 36.1 Å². The van der Waals surface area contributed by atoms with Crippen LogP contribution < -0.4 is 20.7 Å². The molecule has 1 aromatic carbocycles. The summed E-state index contributed by atoms with van der Waals surface area (Å²) in [6.07, 6.45) is 2.87. The molecule has 1 amide bonds. The Balaban J connectivity index is 0.00000512. The summed E-state index contributed by atoms with van der Waals surface area (Å²) in [4.78, 5) is 18.5. The average Bonchev–Trinajstić information content (AvgIpc) is 3.26. The van der Waals surface area contributed by atoms with Gasteiger partial charge in [-0.25, -0.2) is 4.79 Å². The van der Waals surface area contributed by atoms with Crippen molar-refractivity contribution in [1.82, 2.24) is 20.9 Å². The predicted octanol–water partition coefficient (Wildman–Crippen LogP) is 3.53. The molecule has 8 nitrogen and oxygen atoms in total. The van der Waals surface area contributed by atoms with Crippen molar-refractivity contribution < 1.29 is 14.3 Å². The molecular weight excluding hydrogens is 521 g/mol. The molecule has 9 heteroatoms. The third-order valence-electron chi connectivity index (χ3n) is 5.08. The van der Waals surface area contributed by atoms with Crippen molar-refractivity contribution in [3.63, 3.8) is 0 Å². The molecule has 1 aliphatic heterocycles. The Morgan fingerprint density at radius 2 is 1.72 bits per heavy atom. The fourth-order valence-corrected chi connectivity index (χ4v) is 3.55. The maximum absolute atomic E-state index is 11.7. The van der Waals surface area contributed by atoms with E-state index in [2.05, 4.69) is 38.0 Å². The van der Waals surface area contributed by atoms with Gasteiger partial charge in [-0.3, -0.25) is 9.89 Å². The number of hydrogen-bond acceptors (Lipinski definition) is 5. The molecule has 32 heavy (non-hydrogen) atoms. The van der Waals surface area contributed by atoms with Gasteiger partial charge in [0.25, 0.3) is 0 Å². The lowest BCUT2D eigenvalue weighted by Crippen LogP contribution is -2.43. The van der Waals surface area contributed by atoms with E-state index in [1.54, 1.807) is 14.2 Å². The fraction of sp³-hybridized carbons (Fsp3) is 0.652. The Morgan fingerprint density at radius 1 is 1.09 bits per heavy atom. The van der Waals surface area contributed by atoms with Crippen LogP contribution in [-0.4, -0.2) is 69.4 Å². The van der Waals surface area contributed by atoms with Gasteiger partial charge in [0.2, 0.25) is 0 Å². The van der Waals surface area contributed by atoms with Crippen LogP contribution in [0.2, 0.25) is 0 Å².